The van der Waals surface area contributed by atoms with Gasteiger partial charge in [0.05, 0.1) is 24.2 Å². The van der Waals surface area contributed by atoms with E-state index in [-0.39, 0.29) is 11.8 Å². The number of benzene rings is 2. The first-order valence-electron chi connectivity index (χ1n) is 10.3. The number of para-hydroxylation sites is 1. The molecule has 2 aliphatic rings. The highest BCUT2D eigenvalue weighted by Gasteiger charge is 2.61. The number of furan rings is 1. The number of carbonyl (C=O) groups excluding carboxylic acids is 2. The van der Waals surface area contributed by atoms with Crippen LogP contribution in [-0.4, -0.2) is 24.5 Å². The van der Waals surface area contributed by atoms with Gasteiger partial charge in [0.25, 0.3) is 5.91 Å². The van der Waals surface area contributed by atoms with Crippen LogP contribution < -0.4 is 14.7 Å². The molecule has 0 bridgehead atoms. The van der Waals surface area contributed by atoms with Crippen LogP contribution in [0.4, 0.5) is 11.4 Å². The Morgan fingerprint density at radius 3 is 2.35 bits per heavy atom. The zero-order valence-electron chi connectivity index (χ0n) is 17.0. The van der Waals surface area contributed by atoms with Gasteiger partial charge in [0.1, 0.15) is 23.5 Å². The molecule has 2 aromatic carbocycles. The van der Waals surface area contributed by atoms with Gasteiger partial charge < -0.3 is 9.15 Å². The quantitative estimate of drug-likeness (QED) is 0.561. The minimum Gasteiger partial charge on any atom is -0.494 e. The third-order valence-corrected chi connectivity index (χ3v) is 5.53. The number of hydrogen-bond donors (Lipinski definition) is 0. The van der Waals surface area contributed by atoms with Crippen LogP contribution in [0, 0.1) is 5.92 Å². The first-order valence-corrected chi connectivity index (χ1v) is 10.3. The maximum absolute atomic E-state index is 13.5. The molecule has 0 unspecified atom stereocenters. The van der Waals surface area contributed by atoms with E-state index in [0.29, 0.717) is 23.8 Å². The van der Waals surface area contributed by atoms with E-state index in [1.807, 2.05) is 37.3 Å². The molecule has 2 aliphatic heterocycles. The second kappa shape index (κ2) is 7.92. The zero-order valence-corrected chi connectivity index (χ0v) is 17.0. The lowest BCUT2D eigenvalue weighted by Gasteiger charge is -2.27. The fraction of sp³-hybridized carbons (Fsp3) is 0.250. The van der Waals surface area contributed by atoms with Crippen molar-refractivity contribution in [2.75, 3.05) is 16.6 Å². The van der Waals surface area contributed by atoms with Crippen LogP contribution in [0.15, 0.2) is 77.4 Å². The second-order valence-corrected chi connectivity index (χ2v) is 7.53. The molecule has 0 aliphatic carbocycles. The lowest BCUT2D eigenvalue weighted by molar-refractivity contribution is -0.126. The van der Waals surface area contributed by atoms with E-state index in [1.165, 1.54) is 4.90 Å². The Balaban J connectivity index is 1.47. The van der Waals surface area contributed by atoms with Crippen molar-refractivity contribution in [3.05, 3.63) is 78.8 Å². The van der Waals surface area contributed by atoms with E-state index in [1.54, 1.807) is 47.7 Å². The van der Waals surface area contributed by atoms with E-state index < -0.39 is 18.1 Å². The molecule has 5 rings (SSSR count). The maximum Gasteiger partial charge on any atom is 0.266 e. The van der Waals surface area contributed by atoms with Crippen molar-refractivity contribution in [2.24, 2.45) is 5.92 Å². The highest BCUT2D eigenvalue weighted by molar-refractivity contribution is 6.23. The maximum atomic E-state index is 13.5. The van der Waals surface area contributed by atoms with E-state index in [9.17, 15) is 9.59 Å². The normalized spacial score (nSPS) is 22.8. The largest absolute Gasteiger partial charge is 0.494 e. The molecular weight excluding hydrogens is 396 g/mol. The number of anilines is 2. The lowest BCUT2D eigenvalue weighted by Crippen LogP contribution is -2.37. The molecule has 0 radical (unpaired) electrons. The van der Waals surface area contributed by atoms with Gasteiger partial charge in [-0.3, -0.25) is 14.4 Å². The number of nitrogens with zero attached hydrogens (tertiary/aromatic N) is 2. The lowest BCUT2D eigenvalue weighted by atomic mass is 9.94. The fourth-order valence-corrected chi connectivity index (χ4v) is 4.13. The molecule has 2 saturated heterocycles. The van der Waals surface area contributed by atoms with Gasteiger partial charge in [-0.2, -0.15) is 0 Å². The molecule has 3 heterocycles. The molecule has 3 atom stereocenters. The summed E-state index contributed by atoms with van der Waals surface area (Å²) in [4.78, 5) is 34.0. The molecule has 158 valence electrons. The van der Waals surface area contributed by atoms with Crippen LogP contribution in [0.5, 0.6) is 5.75 Å². The SMILES string of the molecule is CCCOc1ccc(N2C(=O)[C@@H]3[C@@H](c4ccco4)N(c4ccccc4)O[C@H]3C2=O)cc1. The minimum atomic E-state index is -0.918. The highest BCUT2D eigenvalue weighted by Crippen LogP contribution is 2.47. The summed E-state index contributed by atoms with van der Waals surface area (Å²) in [5.74, 6) is -0.133. The molecule has 1 aromatic heterocycles. The Morgan fingerprint density at radius 1 is 0.903 bits per heavy atom. The van der Waals surface area contributed by atoms with Gasteiger partial charge >= 0.3 is 0 Å². The summed E-state index contributed by atoms with van der Waals surface area (Å²) in [5.41, 5.74) is 1.25. The Kier molecular flexibility index (Phi) is 4.95. The number of hydrogen-bond acceptors (Lipinski definition) is 6. The predicted molar refractivity (Wildman–Crippen MR) is 113 cm³/mol. The van der Waals surface area contributed by atoms with Crippen LogP contribution in [0.1, 0.15) is 25.1 Å². The molecule has 0 spiro atoms. The summed E-state index contributed by atoms with van der Waals surface area (Å²) in [6.45, 7) is 2.64. The topological polar surface area (TPSA) is 72.2 Å². The van der Waals surface area contributed by atoms with Crippen LogP contribution >= 0.6 is 0 Å². The van der Waals surface area contributed by atoms with Gasteiger partial charge in [-0.15, -0.1) is 0 Å². The Bertz CT molecular complexity index is 1070. The molecule has 7 nitrogen and oxygen atoms in total. The van der Waals surface area contributed by atoms with Crippen molar-refractivity contribution >= 4 is 23.2 Å². The van der Waals surface area contributed by atoms with Crippen molar-refractivity contribution < 1.29 is 23.6 Å². The molecule has 7 heteroatoms. The molecule has 2 fully saturated rings. The van der Waals surface area contributed by atoms with Gasteiger partial charge in [0, 0.05) is 0 Å². The van der Waals surface area contributed by atoms with Gasteiger partial charge in [-0.1, -0.05) is 25.1 Å². The van der Waals surface area contributed by atoms with Crippen molar-refractivity contribution in [1.82, 2.24) is 0 Å². The van der Waals surface area contributed by atoms with Gasteiger partial charge in [-0.25, -0.2) is 9.96 Å². The number of imide groups is 1. The molecular formula is C24H22N2O5. The van der Waals surface area contributed by atoms with Gasteiger partial charge in [0.15, 0.2) is 6.10 Å². The summed E-state index contributed by atoms with van der Waals surface area (Å²) in [5, 5.41) is 1.61. The molecule has 2 amide bonds. The first-order chi connectivity index (χ1) is 15.2. The number of amides is 2. The minimum absolute atomic E-state index is 0.308. The van der Waals surface area contributed by atoms with Crippen LogP contribution in [0.2, 0.25) is 0 Å². The third kappa shape index (κ3) is 3.27. The number of rotatable bonds is 6. The predicted octanol–water partition coefficient (Wildman–Crippen LogP) is 4.12. The Hall–Kier alpha value is -3.58. The first kappa shape index (κ1) is 19.4. The summed E-state index contributed by atoms with van der Waals surface area (Å²) in [6.07, 6.45) is 1.54. The number of fused-ring (bicyclic) bond motifs is 1. The second-order valence-electron chi connectivity index (χ2n) is 7.53. The smallest absolute Gasteiger partial charge is 0.266 e. The summed E-state index contributed by atoms with van der Waals surface area (Å²) in [6, 6.07) is 19.4. The van der Waals surface area contributed by atoms with Crippen LogP contribution in [0.25, 0.3) is 0 Å². The Morgan fingerprint density at radius 2 is 1.68 bits per heavy atom. The van der Waals surface area contributed by atoms with Crippen LogP contribution in [0.3, 0.4) is 0 Å². The average Bonchev–Trinajstić information content (AvgIpc) is 3.51. The summed E-state index contributed by atoms with van der Waals surface area (Å²) < 4.78 is 11.2. The van der Waals surface area contributed by atoms with E-state index >= 15 is 0 Å². The van der Waals surface area contributed by atoms with E-state index in [2.05, 4.69) is 0 Å². The monoisotopic (exact) mass is 418 g/mol. The molecule has 0 N–H and O–H groups in total. The van der Waals surface area contributed by atoms with Crippen molar-refractivity contribution in [1.29, 1.82) is 0 Å². The summed E-state index contributed by atoms with van der Waals surface area (Å²) in [7, 11) is 0. The molecule has 0 saturated carbocycles. The number of carbonyl (C=O) groups is 2. The van der Waals surface area contributed by atoms with Crippen LogP contribution in [-0.2, 0) is 14.4 Å². The van der Waals surface area contributed by atoms with E-state index in [0.717, 1.165) is 12.1 Å². The van der Waals surface area contributed by atoms with Gasteiger partial charge in [-0.05, 0) is 55.0 Å². The molecule has 3 aromatic rings. The van der Waals surface area contributed by atoms with E-state index in [4.69, 9.17) is 14.0 Å². The average molecular weight is 418 g/mol. The third-order valence-electron chi connectivity index (χ3n) is 5.53. The number of ether oxygens (including phenoxy) is 1. The summed E-state index contributed by atoms with van der Waals surface area (Å²) >= 11 is 0. The van der Waals surface area contributed by atoms with Gasteiger partial charge in [0.2, 0.25) is 5.91 Å². The number of hydroxylamine groups is 1. The fourth-order valence-electron chi connectivity index (χ4n) is 4.13. The highest BCUT2D eigenvalue weighted by atomic mass is 16.7. The van der Waals surface area contributed by atoms with Crippen molar-refractivity contribution in [3.63, 3.8) is 0 Å². The van der Waals surface area contributed by atoms with Crippen molar-refractivity contribution in [2.45, 2.75) is 25.5 Å². The molecule has 31 heavy (non-hydrogen) atoms. The standard InChI is InChI=1S/C24H22N2O5/c1-2-14-29-18-12-10-16(11-13-18)25-23(27)20-21(19-9-6-15-30-19)26(31-22(20)24(25)28)17-7-4-3-5-8-17/h3-13,15,20-22H,2,14H2,1H3/t20-,21-,22-/m1/s1. The van der Waals surface area contributed by atoms with Crippen molar-refractivity contribution in [3.8, 4) is 5.75 Å². The Labute approximate surface area is 179 Å². The zero-order chi connectivity index (χ0) is 21.4.